The SMILES string of the molecule is COC(=O)C(C)CSCc1cccc([N+](=O)[O-])c1F. The number of hydrogen-bond donors (Lipinski definition) is 0. The van der Waals surface area contributed by atoms with Gasteiger partial charge in [0.2, 0.25) is 5.82 Å². The van der Waals surface area contributed by atoms with Crippen LogP contribution in [0.1, 0.15) is 12.5 Å². The molecule has 0 spiro atoms. The largest absolute Gasteiger partial charge is 0.469 e. The van der Waals surface area contributed by atoms with Crippen molar-refractivity contribution in [2.45, 2.75) is 12.7 Å². The van der Waals surface area contributed by atoms with Crippen molar-refractivity contribution in [1.29, 1.82) is 0 Å². The standard InChI is InChI=1S/C12H14FNO4S/c1-8(12(15)18-2)6-19-7-9-4-3-5-10(11(9)13)14(16)17/h3-5,8H,6-7H2,1-2H3. The molecule has 0 radical (unpaired) electrons. The smallest absolute Gasteiger partial charge is 0.309 e. The number of halogens is 1. The van der Waals surface area contributed by atoms with Gasteiger partial charge >= 0.3 is 11.7 Å². The number of nitro groups is 1. The van der Waals surface area contributed by atoms with Crippen LogP contribution in [0.15, 0.2) is 18.2 Å². The summed E-state index contributed by atoms with van der Waals surface area (Å²) < 4.78 is 18.3. The van der Waals surface area contributed by atoms with Gasteiger partial charge in [0.1, 0.15) is 0 Å². The zero-order valence-corrected chi connectivity index (χ0v) is 11.4. The van der Waals surface area contributed by atoms with Crippen LogP contribution < -0.4 is 0 Å². The van der Waals surface area contributed by atoms with Crippen LogP contribution in [0.4, 0.5) is 10.1 Å². The van der Waals surface area contributed by atoms with Gasteiger partial charge in [-0.15, -0.1) is 0 Å². The van der Waals surface area contributed by atoms with Crippen molar-refractivity contribution in [3.63, 3.8) is 0 Å². The first kappa shape index (κ1) is 15.4. The number of hydrogen-bond acceptors (Lipinski definition) is 5. The minimum absolute atomic E-state index is 0.260. The first-order valence-corrected chi connectivity index (χ1v) is 6.70. The van der Waals surface area contributed by atoms with Gasteiger partial charge in [-0.05, 0) is 0 Å². The first-order valence-electron chi connectivity index (χ1n) is 5.54. The second-order valence-corrected chi connectivity index (χ2v) is 4.98. The molecular weight excluding hydrogens is 273 g/mol. The number of rotatable bonds is 6. The fourth-order valence-electron chi connectivity index (χ4n) is 1.43. The summed E-state index contributed by atoms with van der Waals surface area (Å²) in [6.45, 7) is 1.71. The van der Waals surface area contributed by atoms with E-state index in [9.17, 15) is 19.3 Å². The number of nitro benzene ring substituents is 1. The van der Waals surface area contributed by atoms with Gasteiger partial charge in [-0.1, -0.05) is 19.1 Å². The van der Waals surface area contributed by atoms with Gasteiger partial charge in [0, 0.05) is 23.1 Å². The molecular formula is C12H14FNO4S. The molecule has 0 N–H and O–H groups in total. The summed E-state index contributed by atoms with van der Waals surface area (Å²) in [6, 6.07) is 4.07. The van der Waals surface area contributed by atoms with Gasteiger partial charge in [-0.2, -0.15) is 16.2 Å². The lowest BCUT2D eigenvalue weighted by molar-refractivity contribution is -0.387. The van der Waals surface area contributed by atoms with E-state index in [0.717, 1.165) is 6.07 Å². The van der Waals surface area contributed by atoms with E-state index in [2.05, 4.69) is 4.74 Å². The number of thioether (sulfide) groups is 1. The third-order valence-electron chi connectivity index (χ3n) is 2.48. The van der Waals surface area contributed by atoms with Crippen LogP contribution in [0.25, 0.3) is 0 Å². The number of esters is 1. The summed E-state index contributed by atoms with van der Waals surface area (Å²) in [7, 11) is 1.31. The highest BCUT2D eigenvalue weighted by molar-refractivity contribution is 7.98. The fraction of sp³-hybridized carbons (Fsp3) is 0.417. The maximum Gasteiger partial charge on any atom is 0.309 e. The third kappa shape index (κ3) is 4.20. The van der Waals surface area contributed by atoms with Crippen molar-refractivity contribution in [3.05, 3.63) is 39.7 Å². The molecule has 0 aliphatic rings. The second kappa shape index (κ2) is 7.08. The molecule has 0 saturated heterocycles. The zero-order chi connectivity index (χ0) is 14.4. The Morgan fingerprint density at radius 1 is 1.58 bits per heavy atom. The molecule has 1 aromatic carbocycles. The number of carbonyl (C=O) groups excluding carboxylic acids is 1. The van der Waals surface area contributed by atoms with Crippen molar-refractivity contribution < 1.29 is 18.8 Å². The molecule has 1 atom stereocenters. The number of benzene rings is 1. The van der Waals surface area contributed by atoms with Crippen LogP contribution in [0, 0.1) is 21.8 Å². The lowest BCUT2D eigenvalue weighted by atomic mass is 10.2. The number of methoxy groups -OCH3 is 1. The molecule has 7 heteroatoms. The Hall–Kier alpha value is -1.63. The maximum atomic E-state index is 13.7. The molecule has 0 bridgehead atoms. The molecule has 19 heavy (non-hydrogen) atoms. The van der Waals surface area contributed by atoms with Crippen LogP contribution >= 0.6 is 11.8 Å². The molecule has 0 saturated carbocycles. The molecule has 0 aliphatic heterocycles. The quantitative estimate of drug-likeness (QED) is 0.457. The Bertz CT molecular complexity index is 481. The molecule has 1 unspecified atom stereocenters. The second-order valence-electron chi connectivity index (χ2n) is 3.95. The zero-order valence-electron chi connectivity index (χ0n) is 10.6. The van der Waals surface area contributed by atoms with Gasteiger partial charge in [0.15, 0.2) is 0 Å². The van der Waals surface area contributed by atoms with E-state index in [1.54, 1.807) is 6.92 Å². The Kier molecular flexibility index (Phi) is 5.75. The Morgan fingerprint density at radius 2 is 2.26 bits per heavy atom. The van der Waals surface area contributed by atoms with Crippen LogP contribution in [-0.2, 0) is 15.3 Å². The number of nitrogens with zero attached hydrogens (tertiary/aromatic N) is 1. The van der Waals surface area contributed by atoms with E-state index < -0.39 is 16.4 Å². The Morgan fingerprint density at radius 3 is 2.84 bits per heavy atom. The maximum absolute atomic E-state index is 13.7. The van der Waals surface area contributed by atoms with Crippen molar-refractivity contribution in [1.82, 2.24) is 0 Å². The molecule has 1 rings (SSSR count). The van der Waals surface area contributed by atoms with E-state index in [-0.39, 0.29) is 23.2 Å². The summed E-state index contributed by atoms with van der Waals surface area (Å²) in [5.74, 6) is -0.696. The highest BCUT2D eigenvalue weighted by Gasteiger charge is 2.18. The minimum Gasteiger partial charge on any atom is -0.469 e. The lowest BCUT2D eigenvalue weighted by Gasteiger charge is -2.08. The number of carbonyl (C=O) groups is 1. The van der Waals surface area contributed by atoms with E-state index >= 15 is 0 Å². The van der Waals surface area contributed by atoms with E-state index in [1.165, 1.54) is 31.0 Å². The average Bonchev–Trinajstić information content (AvgIpc) is 2.39. The monoisotopic (exact) mass is 287 g/mol. The summed E-state index contributed by atoms with van der Waals surface area (Å²) in [5, 5.41) is 10.6. The van der Waals surface area contributed by atoms with Gasteiger partial charge < -0.3 is 4.74 Å². The molecule has 5 nitrogen and oxygen atoms in total. The van der Waals surface area contributed by atoms with Crippen molar-refractivity contribution >= 4 is 23.4 Å². The molecule has 0 fully saturated rings. The van der Waals surface area contributed by atoms with Gasteiger partial charge in [-0.25, -0.2) is 0 Å². The minimum atomic E-state index is -0.814. The van der Waals surface area contributed by atoms with Gasteiger partial charge in [-0.3, -0.25) is 14.9 Å². The molecule has 0 heterocycles. The summed E-state index contributed by atoms with van der Waals surface area (Å²) in [5.41, 5.74) is -0.268. The normalized spacial score (nSPS) is 11.9. The van der Waals surface area contributed by atoms with Crippen molar-refractivity contribution in [2.24, 2.45) is 5.92 Å². The van der Waals surface area contributed by atoms with Gasteiger partial charge in [0.25, 0.3) is 0 Å². The molecule has 0 amide bonds. The predicted molar refractivity (Wildman–Crippen MR) is 70.4 cm³/mol. The highest BCUT2D eigenvalue weighted by atomic mass is 32.2. The van der Waals surface area contributed by atoms with E-state index in [1.807, 2.05) is 0 Å². The van der Waals surface area contributed by atoms with Crippen molar-refractivity contribution in [3.8, 4) is 0 Å². The van der Waals surface area contributed by atoms with Gasteiger partial charge in [0.05, 0.1) is 18.0 Å². The van der Waals surface area contributed by atoms with Crippen LogP contribution in [-0.4, -0.2) is 23.8 Å². The average molecular weight is 287 g/mol. The summed E-state index contributed by atoms with van der Waals surface area (Å²) in [4.78, 5) is 21.0. The predicted octanol–water partition coefficient (Wildman–Crippen LogP) is 2.78. The Balaban J connectivity index is 2.62. The topological polar surface area (TPSA) is 69.4 Å². The lowest BCUT2D eigenvalue weighted by Crippen LogP contribution is -2.14. The molecule has 104 valence electrons. The van der Waals surface area contributed by atoms with Crippen LogP contribution in [0.2, 0.25) is 0 Å². The molecule has 0 aromatic heterocycles. The van der Waals surface area contributed by atoms with Crippen LogP contribution in [0.3, 0.4) is 0 Å². The third-order valence-corrected chi connectivity index (χ3v) is 3.73. The summed E-state index contributed by atoms with van der Waals surface area (Å²) in [6.07, 6.45) is 0. The van der Waals surface area contributed by atoms with E-state index in [4.69, 9.17) is 0 Å². The Labute approximate surface area is 114 Å². The highest BCUT2D eigenvalue weighted by Crippen LogP contribution is 2.24. The molecule has 0 aliphatic carbocycles. The molecule has 1 aromatic rings. The van der Waals surface area contributed by atoms with Crippen LogP contribution in [0.5, 0.6) is 0 Å². The fourth-order valence-corrected chi connectivity index (χ4v) is 2.48. The number of ether oxygens (including phenoxy) is 1. The van der Waals surface area contributed by atoms with E-state index in [0.29, 0.717) is 5.75 Å². The van der Waals surface area contributed by atoms with Crippen molar-refractivity contribution in [2.75, 3.05) is 12.9 Å². The first-order chi connectivity index (χ1) is 8.97. The summed E-state index contributed by atoms with van der Waals surface area (Å²) >= 11 is 1.33.